The molecular weight excluding hydrogens is 315 g/mol. The first kappa shape index (κ1) is 16.8. The molecule has 0 atom stereocenters. The Kier molecular flexibility index (Phi) is 4.87. The molecule has 0 saturated carbocycles. The van der Waals surface area contributed by atoms with Crippen molar-refractivity contribution in [2.75, 3.05) is 31.5 Å². The zero-order valence-corrected chi connectivity index (χ0v) is 12.0. The minimum absolute atomic E-state index is 0.0999. The van der Waals surface area contributed by atoms with Crippen LogP contribution in [0, 0.1) is 0 Å². The number of carbonyl (C=O) groups is 3. The first-order chi connectivity index (χ1) is 10.8. The molecule has 3 amide bonds. The van der Waals surface area contributed by atoms with Crippen LogP contribution in [0.1, 0.15) is 5.56 Å². The quantitative estimate of drug-likeness (QED) is 0.649. The molecule has 0 unspecified atom stereocenters. The smallest absolute Gasteiger partial charge is 0.342 e. The summed E-state index contributed by atoms with van der Waals surface area (Å²) in [6, 6.07) is 3.81. The number of piperazine rings is 1. The zero-order valence-electron chi connectivity index (χ0n) is 12.0. The molecule has 0 radical (unpaired) electrons. The summed E-state index contributed by atoms with van der Waals surface area (Å²) in [6.07, 6.45) is -3.79. The van der Waals surface area contributed by atoms with Crippen LogP contribution < -0.4 is 5.32 Å². The summed E-state index contributed by atoms with van der Waals surface area (Å²) in [4.78, 5) is 37.1. The predicted octanol–water partition coefficient (Wildman–Crippen LogP) is 0.945. The van der Waals surface area contributed by atoms with Crippen LogP contribution in [0.3, 0.4) is 0 Å². The third-order valence-electron chi connectivity index (χ3n) is 3.41. The highest BCUT2D eigenvalue weighted by Crippen LogP contribution is 2.29. The van der Waals surface area contributed by atoms with Crippen LogP contribution in [0.15, 0.2) is 24.3 Å². The van der Waals surface area contributed by atoms with Crippen molar-refractivity contribution >= 4 is 23.9 Å². The lowest BCUT2D eigenvalue weighted by Crippen LogP contribution is -2.51. The lowest BCUT2D eigenvalue weighted by atomic mass is 10.2. The maximum Gasteiger partial charge on any atom is 0.416 e. The fraction of sp³-hybridized carbons (Fsp3) is 0.357. The van der Waals surface area contributed by atoms with Gasteiger partial charge >= 0.3 is 18.0 Å². The summed E-state index contributed by atoms with van der Waals surface area (Å²) in [7, 11) is 0. The van der Waals surface area contributed by atoms with Crippen molar-refractivity contribution in [3.8, 4) is 0 Å². The zero-order chi connectivity index (χ0) is 17.0. The van der Waals surface area contributed by atoms with Crippen molar-refractivity contribution in [1.82, 2.24) is 9.80 Å². The first-order valence-electron chi connectivity index (χ1n) is 6.78. The Morgan fingerprint density at radius 3 is 2.09 bits per heavy atom. The number of rotatable bonds is 2. The van der Waals surface area contributed by atoms with Crippen molar-refractivity contribution < 1.29 is 27.6 Å². The third-order valence-corrected chi connectivity index (χ3v) is 3.41. The minimum atomic E-state index is -4.46. The molecule has 124 valence electrons. The fourth-order valence-corrected chi connectivity index (χ4v) is 2.10. The van der Waals surface area contributed by atoms with Crippen LogP contribution >= 0.6 is 0 Å². The van der Waals surface area contributed by atoms with E-state index < -0.39 is 23.6 Å². The molecule has 0 aliphatic carbocycles. The Labute approximate surface area is 129 Å². The van der Waals surface area contributed by atoms with Crippen molar-refractivity contribution in [1.29, 1.82) is 0 Å². The van der Waals surface area contributed by atoms with Crippen LogP contribution in [0.5, 0.6) is 0 Å². The number of hydrogen-bond acceptors (Lipinski definition) is 3. The number of nitrogens with zero attached hydrogens (tertiary/aromatic N) is 2. The van der Waals surface area contributed by atoms with E-state index in [4.69, 9.17) is 0 Å². The Morgan fingerprint density at radius 2 is 1.61 bits per heavy atom. The first-order valence-corrected chi connectivity index (χ1v) is 6.78. The normalized spacial score (nSPS) is 15.3. The van der Waals surface area contributed by atoms with Gasteiger partial charge in [-0.15, -0.1) is 0 Å². The van der Waals surface area contributed by atoms with Gasteiger partial charge in [0.25, 0.3) is 0 Å². The van der Waals surface area contributed by atoms with Gasteiger partial charge in [-0.3, -0.25) is 14.4 Å². The van der Waals surface area contributed by atoms with Crippen molar-refractivity contribution in [3.63, 3.8) is 0 Å². The largest absolute Gasteiger partial charge is 0.416 e. The Hall–Kier alpha value is -2.58. The van der Waals surface area contributed by atoms with E-state index in [0.717, 1.165) is 24.3 Å². The number of amides is 3. The second-order valence-corrected chi connectivity index (χ2v) is 4.96. The molecule has 23 heavy (non-hydrogen) atoms. The molecule has 1 heterocycles. The van der Waals surface area contributed by atoms with E-state index in [0.29, 0.717) is 19.5 Å². The molecule has 1 fully saturated rings. The highest BCUT2D eigenvalue weighted by atomic mass is 19.4. The SMILES string of the molecule is O=CN1CCN(C(=O)C(=O)Nc2ccc(C(F)(F)F)cc2)CC1. The van der Waals surface area contributed by atoms with Gasteiger partial charge in [-0.2, -0.15) is 13.2 Å². The van der Waals surface area contributed by atoms with E-state index in [1.807, 2.05) is 0 Å². The number of hydrogen-bond donors (Lipinski definition) is 1. The molecule has 0 spiro atoms. The molecule has 1 saturated heterocycles. The van der Waals surface area contributed by atoms with E-state index in [9.17, 15) is 27.6 Å². The molecule has 6 nitrogen and oxygen atoms in total. The van der Waals surface area contributed by atoms with Gasteiger partial charge in [0.1, 0.15) is 0 Å². The van der Waals surface area contributed by atoms with Gasteiger partial charge in [0.2, 0.25) is 6.41 Å². The van der Waals surface area contributed by atoms with Crippen LogP contribution in [-0.4, -0.2) is 54.2 Å². The molecule has 9 heteroatoms. The summed E-state index contributed by atoms with van der Waals surface area (Å²) in [5.74, 6) is -1.71. The number of nitrogens with one attached hydrogen (secondary N) is 1. The summed E-state index contributed by atoms with van der Waals surface area (Å²) in [6.45, 7) is 1.14. The third kappa shape index (κ3) is 4.21. The highest BCUT2D eigenvalue weighted by Gasteiger charge is 2.30. The van der Waals surface area contributed by atoms with Crippen LogP contribution in [0.2, 0.25) is 0 Å². The lowest BCUT2D eigenvalue weighted by molar-refractivity contribution is -0.144. The maximum absolute atomic E-state index is 12.4. The molecule has 1 aliphatic heterocycles. The Morgan fingerprint density at radius 1 is 1.04 bits per heavy atom. The average molecular weight is 329 g/mol. The standard InChI is InChI=1S/C14H14F3N3O3/c15-14(16,17)10-1-3-11(4-2-10)18-12(22)13(23)20-7-5-19(9-21)6-8-20/h1-4,9H,5-8H2,(H,18,22). The molecule has 1 N–H and O–H groups in total. The molecule has 0 bridgehead atoms. The Bertz CT molecular complexity index is 594. The number of anilines is 1. The molecule has 1 aliphatic rings. The van der Waals surface area contributed by atoms with Gasteiger partial charge in [-0.25, -0.2) is 0 Å². The summed E-state index contributed by atoms with van der Waals surface area (Å²) in [5.41, 5.74) is -0.741. The van der Waals surface area contributed by atoms with Gasteiger partial charge < -0.3 is 15.1 Å². The number of halogens is 3. The van der Waals surface area contributed by atoms with E-state index in [1.54, 1.807) is 0 Å². The molecule has 2 rings (SSSR count). The van der Waals surface area contributed by atoms with E-state index in [-0.39, 0.29) is 18.8 Å². The molecule has 1 aromatic rings. The van der Waals surface area contributed by atoms with Gasteiger partial charge in [0.15, 0.2) is 0 Å². The van der Waals surface area contributed by atoms with Gasteiger partial charge in [-0.1, -0.05) is 0 Å². The van der Waals surface area contributed by atoms with Crippen LogP contribution in [0.4, 0.5) is 18.9 Å². The molecule has 0 aromatic heterocycles. The molecular formula is C14H14F3N3O3. The molecule has 1 aromatic carbocycles. The van der Waals surface area contributed by atoms with Crippen molar-refractivity contribution in [2.45, 2.75) is 6.18 Å². The predicted molar refractivity (Wildman–Crippen MR) is 74.3 cm³/mol. The number of alkyl halides is 3. The average Bonchev–Trinajstić information content (AvgIpc) is 2.54. The van der Waals surface area contributed by atoms with Crippen molar-refractivity contribution in [3.05, 3.63) is 29.8 Å². The van der Waals surface area contributed by atoms with E-state index in [1.165, 1.54) is 9.80 Å². The lowest BCUT2D eigenvalue weighted by Gasteiger charge is -2.31. The van der Waals surface area contributed by atoms with Gasteiger partial charge in [-0.05, 0) is 24.3 Å². The van der Waals surface area contributed by atoms with Crippen LogP contribution in [-0.2, 0) is 20.6 Å². The van der Waals surface area contributed by atoms with Gasteiger partial charge in [0, 0.05) is 31.9 Å². The topological polar surface area (TPSA) is 69.7 Å². The second-order valence-electron chi connectivity index (χ2n) is 4.96. The maximum atomic E-state index is 12.4. The van der Waals surface area contributed by atoms with Crippen LogP contribution in [0.25, 0.3) is 0 Å². The summed E-state index contributed by atoms with van der Waals surface area (Å²) in [5, 5.41) is 2.26. The van der Waals surface area contributed by atoms with E-state index >= 15 is 0 Å². The highest BCUT2D eigenvalue weighted by molar-refractivity contribution is 6.39. The second kappa shape index (κ2) is 6.67. The minimum Gasteiger partial charge on any atom is -0.342 e. The van der Waals surface area contributed by atoms with Crippen molar-refractivity contribution in [2.24, 2.45) is 0 Å². The van der Waals surface area contributed by atoms with Gasteiger partial charge in [0.05, 0.1) is 5.56 Å². The Balaban J connectivity index is 1.94. The number of carbonyl (C=O) groups excluding carboxylic acids is 3. The van der Waals surface area contributed by atoms with E-state index in [2.05, 4.69) is 5.32 Å². The monoisotopic (exact) mass is 329 g/mol. The fourth-order valence-electron chi connectivity index (χ4n) is 2.10. The summed E-state index contributed by atoms with van der Waals surface area (Å²) < 4.78 is 37.3. The summed E-state index contributed by atoms with van der Waals surface area (Å²) >= 11 is 0. The number of benzene rings is 1.